The lowest BCUT2D eigenvalue weighted by Crippen LogP contribution is -2.03. The SMILES string of the molecule is C/C=C/c1ccc(C(=O)c2ccccc2C)cc1. The van der Waals surface area contributed by atoms with Gasteiger partial charge < -0.3 is 0 Å². The molecule has 0 saturated heterocycles. The van der Waals surface area contributed by atoms with Crippen molar-refractivity contribution in [3.05, 3.63) is 76.9 Å². The summed E-state index contributed by atoms with van der Waals surface area (Å²) >= 11 is 0. The van der Waals surface area contributed by atoms with Gasteiger partial charge in [0.1, 0.15) is 0 Å². The summed E-state index contributed by atoms with van der Waals surface area (Å²) in [6.07, 6.45) is 4.00. The molecule has 18 heavy (non-hydrogen) atoms. The minimum atomic E-state index is 0.0835. The largest absolute Gasteiger partial charge is 0.289 e. The van der Waals surface area contributed by atoms with Crippen molar-refractivity contribution in [2.75, 3.05) is 0 Å². The molecule has 1 heteroatoms. The molecular weight excluding hydrogens is 220 g/mol. The molecule has 90 valence electrons. The summed E-state index contributed by atoms with van der Waals surface area (Å²) in [6.45, 7) is 3.94. The van der Waals surface area contributed by atoms with Gasteiger partial charge in [0, 0.05) is 11.1 Å². The maximum absolute atomic E-state index is 12.3. The molecular formula is C17H16O. The zero-order chi connectivity index (χ0) is 13.0. The lowest BCUT2D eigenvalue weighted by Gasteiger charge is -2.05. The van der Waals surface area contributed by atoms with E-state index in [1.807, 2.05) is 74.5 Å². The van der Waals surface area contributed by atoms with Crippen LogP contribution in [0.5, 0.6) is 0 Å². The van der Waals surface area contributed by atoms with E-state index >= 15 is 0 Å². The molecule has 2 aromatic carbocycles. The molecule has 0 spiro atoms. The number of hydrogen-bond donors (Lipinski definition) is 0. The Kier molecular flexibility index (Phi) is 3.73. The molecule has 0 fully saturated rings. The van der Waals surface area contributed by atoms with Crippen LogP contribution < -0.4 is 0 Å². The maximum Gasteiger partial charge on any atom is 0.193 e. The molecule has 0 amide bonds. The van der Waals surface area contributed by atoms with Crippen LogP contribution in [0.4, 0.5) is 0 Å². The third-order valence-electron chi connectivity index (χ3n) is 2.92. The van der Waals surface area contributed by atoms with Gasteiger partial charge >= 0.3 is 0 Å². The Hall–Kier alpha value is -2.15. The van der Waals surface area contributed by atoms with Crippen LogP contribution >= 0.6 is 0 Å². The highest BCUT2D eigenvalue weighted by Crippen LogP contribution is 2.15. The summed E-state index contributed by atoms with van der Waals surface area (Å²) < 4.78 is 0. The van der Waals surface area contributed by atoms with Gasteiger partial charge in [-0.2, -0.15) is 0 Å². The van der Waals surface area contributed by atoms with Gasteiger partial charge in [-0.25, -0.2) is 0 Å². The molecule has 1 nitrogen and oxygen atoms in total. The van der Waals surface area contributed by atoms with E-state index in [-0.39, 0.29) is 5.78 Å². The molecule has 0 radical (unpaired) electrons. The Morgan fingerprint density at radius 3 is 2.28 bits per heavy atom. The quantitative estimate of drug-likeness (QED) is 0.728. The number of aryl methyl sites for hydroxylation is 1. The molecule has 0 N–H and O–H groups in total. The fourth-order valence-corrected chi connectivity index (χ4v) is 1.92. The van der Waals surface area contributed by atoms with Gasteiger partial charge in [-0.15, -0.1) is 0 Å². The van der Waals surface area contributed by atoms with Crippen molar-refractivity contribution >= 4 is 11.9 Å². The van der Waals surface area contributed by atoms with Gasteiger partial charge in [0.05, 0.1) is 0 Å². The summed E-state index contributed by atoms with van der Waals surface area (Å²) in [5, 5.41) is 0. The van der Waals surface area contributed by atoms with Gasteiger partial charge in [-0.05, 0) is 25.0 Å². The average molecular weight is 236 g/mol. The van der Waals surface area contributed by atoms with Crippen LogP contribution in [-0.4, -0.2) is 5.78 Å². The van der Waals surface area contributed by atoms with E-state index in [0.717, 1.165) is 22.3 Å². The van der Waals surface area contributed by atoms with Crippen LogP contribution in [0.3, 0.4) is 0 Å². The number of benzene rings is 2. The van der Waals surface area contributed by atoms with E-state index < -0.39 is 0 Å². The second-order valence-electron chi connectivity index (χ2n) is 4.27. The highest BCUT2D eigenvalue weighted by molar-refractivity contribution is 6.09. The van der Waals surface area contributed by atoms with E-state index in [4.69, 9.17) is 0 Å². The molecule has 0 heterocycles. The van der Waals surface area contributed by atoms with Gasteiger partial charge in [0.25, 0.3) is 0 Å². The van der Waals surface area contributed by atoms with Crippen molar-refractivity contribution in [1.82, 2.24) is 0 Å². The summed E-state index contributed by atoms with van der Waals surface area (Å²) in [5.74, 6) is 0.0835. The minimum Gasteiger partial charge on any atom is -0.289 e. The Morgan fingerprint density at radius 2 is 1.67 bits per heavy atom. The smallest absolute Gasteiger partial charge is 0.193 e. The summed E-state index contributed by atoms with van der Waals surface area (Å²) in [5.41, 5.74) is 3.63. The van der Waals surface area contributed by atoms with Crippen molar-refractivity contribution in [2.45, 2.75) is 13.8 Å². The van der Waals surface area contributed by atoms with Crippen molar-refractivity contribution in [2.24, 2.45) is 0 Å². The number of rotatable bonds is 3. The predicted octanol–water partition coefficient (Wildman–Crippen LogP) is 4.26. The molecule has 0 bridgehead atoms. The molecule has 0 saturated carbocycles. The zero-order valence-electron chi connectivity index (χ0n) is 10.7. The first-order valence-corrected chi connectivity index (χ1v) is 6.05. The van der Waals surface area contributed by atoms with Crippen LogP contribution in [0.2, 0.25) is 0 Å². The van der Waals surface area contributed by atoms with Crippen LogP contribution in [0.1, 0.15) is 34.0 Å². The van der Waals surface area contributed by atoms with Gasteiger partial charge in [0.15, 0.2) is 5.78 Å². The van der Waals surface area contributed by atoms with Crippen LogP contribution in [-0.2, 0) is 0 Å². The second kappa shape index (κ2) is 5.46. The lowest BCUT2D eigenvalue weighted by atomic mass is 9.98. The number of ketones is 1. The molecule has 0 unspecified atom stereocenters. The molecule has 0 aliphatic heterocycles. The van der Waals surface area contributed by atoms with Crippen molar-refractivity contribution < 1.29 is 4.79 Å². The minimum absolute atomic E-state index is 0.0835. The van der Waals surface area contributed by atoms with Crippen molar-refractivity contribution in [3.8, 4) is 0 Å². The van der Waals surface area contributed by atoms with E-state index in [0.29, 0.717) is 0 Å². The number of carbonyl (C=O) groups is 1. The Labute approximate surface area is 108 Å². The summed E-state index contributed by atoms with van der Waals surface area (Å²) in [4.78, 5) is 12.3. The van der Waals surface area contributed by atoms with E-state index in [9.17, 15) is 4.79 Å². The predicted molar refractivity (Wildman–Crippen MR) is 75.8 cm³/mol. The maximum atomic E-state index is 12.3. The van der Waals surface area contributed by atoms with Gasteiger partial charge in [0.2, 0.25) is 0 Å². The second-order valence-corrected chi connectivity index (χ2v) is 4.27. The van der Waals surface area contributed by atoms with Crippen LogP contribution in [0, 0.1) is 6.92 Å². The van der Waals surface area contributed by atoms with E-state index in [1.165, 1.54) is 0 Å². The van der Waals surface area contributed by atoms with E-state index in [1.54, 1.807) is 0 Å². The monoisotopic (exact) mass is 236 g/mol. The standard InChI is InChI=1S/C17H16O/c1-3-6-14-9-11-15(12-10-14)17(18)16-8-5-4-7-13(16)2/h3-12H,1-2H3/b6-3+. The number of carbonyl (C=O) groups excluding carboxylic acids is 1. The molecule has 0 aliphatic rings. The van der Waals surface area contributed by atoms with Crippen LogP contribution in [0.25, 0.3) is 6.08 Å². The topological polar surface area (TPSA) is 17.1 Å². The number of hydrogen-bond acceptors (Lipinski definition) is 1. The third-order valence-corrected chi connectivity index (χ3v) is 2.92. The van der Waals surface area contributed by atoms with Crippen molar-refractivity contribution in [1.29, 1.82) is 0 Å². The lowest BCUT2D eigenvalue weighted by molar-refractivity contribution is 0.103. The highest BCUT2D eigenvalue weighted by atomic mass is 16.1. The molecule has 0 aromatic heterocycles. The average Bonchev–Trinajstić information content (AvgIpc) is 2.40. The van der Waals surface area contributed by atoms with Gasteiger partial charge in [-0.3, -0.25) is 4.79 Å². The summed E-state index contributed by atoms with van der Waals surface area (Å²) in [6, 6.07) is 15.4. The zero-order valence-corrected chi connectivity index (χ0v) is 10.7. The van der Waals surface area contributed by atoms with E-state index in [2.05, 4.69) is 0 Å². The Bertz CT molecular complexity index is 577. The first kappa shape index (κ1) is 12.3. The van der Waals surface area contributed by atoms with Gasteiger partial charge in [-0.1, -0.05) is 60.7 Å². The molecule has 2 aromatic rings. The molecule has 2 rings (SSSR count). The highest BCUT2D eigenvalue weighted by Gasteiger charge is 2.10. The summed E-state index contributed by atoms with van der Waals surface area (Å²) in [7, 11) is 0. The Balaban J connectivity index is 2.32. The normalized spacial score (nSPS) is 10.8. The molecule has 0 atom stereocenters. The van der Waals surface area contributed by atoms with Crippen molar-refractivity contribution in [3.63, 3.8) is 0 Å². The molecule has 0 aliphatic carbocycles. The Morgan fingerprint density at radius 1 is 1.00 bits per heavy atom. The third kappa shape index (κ3) is 2.57. The first-order chi connectivity index (χ1) is 8.72. The van der Waals surface area contributed by atoms with Crippen LogP contribution in [0.15, 0.2) is 54.6 Å². The number of allylic oxidation sites excluding steroid dienone is 1. The fourth-order valence-electron chi connectivity index (χ4n) is 1.92. The first-order valence-electron chi connectivity index (χ1n) is 6.05. The fraction of sp³-hybridized carbons (Fsp3) is 0.118.